The van der Waals surface area contributed by atoms with Crippen molar-refractivity contribution in [1.82, 2.24) is 0 Å². The van der Waals surface area contributed by atoms with E-state index in [1.54, 1.807) is 0 Å². The van der Waals surface area contributed by atoms with Crippen LogP contribution in [-0.2, 0) is 9.47 Å². The summed E-state index contributed by atoms with van der Waals surface area (Å²) in [4.78, 5) is 0. The lowest BCUT2D eigenvalue weighted by atomic mass is 9.81. The summed E-state index contributed by atoms with van der Waals surface area (Å²) in [6.45, 7) is 4.22. The van der Waals surface area contributed by atoms with Crippen LogP contribution in [0.25, 0.3) is 0 Å². The van der Waals surface area contributed by atoms with Crippen LogP contribution < -0.4 is 5.73 Å². The van der Waals surface area contributed by atoms with Gasteiger partial charge in [-0.1, -0.05) is 0 Å². The van der Waals surface area contributed by atoms with E-state index < -0.39 is 0 Å². The maximum Gasteiger partial charge on any atom is 0.0536 e. The highest BCUT2D eigenvalue weighted by atomic mass is 16.5. The van der Waals surface area contributed by atoms with Crippen LogP contribution in [0.1, 0.15) is 25.7 Å². The molecular formula is C11H21NO2. The quantitative estimate of drug-likeness (QED) is 0.723. The fourth-order valence-corrected chi connectivity index (χ4v) is 1.94. The third-order valence-corrected chi connectivity index (χ3v) is 3.45. The minimum Gasteiger partial charge on any atom is -0.381 e. The van der Waals surface area contributed by atoms with Crippen LogP contribution in [0.3, 0.4) is 0 Å². The van der Waals surface area contributed by atoms with Gasteiger partial charge >= 0.3 is 0 Å². The first kappa shape index (κ1) is 10.4. The summed E-state index contributed by atoms with van der Waals surface area (Å²) in [6, 6.07) is 0. The standard InChI is InChI=1S/C11H21NO2/c12-8-11(3-5-13-6-4-11)9-14-7-10-1-2-10/h10H,1-9,12H2. The Hall–Kier alpha value is -0.120. The summed E-state index contributed by atoms with van der Waals surface area (Å²) in [5, 5.41) is 0. The van der Waals surface area contributed by atoms with Gasteiger partial charge in [0, 0.05) is 31.8 Å². The molecule has 2 aliphatic rings. The van der Waals surface area contributed by atoms with Gasteiger partial charge in [0.25, 0.3) is 0 Å². The number of nitrogens with two attached hydrogens (primary N) is 1. The zero-order chi connectivity index (χ0) is 9.86. The minimum atomic E-state index is 0.215. The Labute approximate surface area is 85.9 Å². The van der Waals surface area contributed by atoms with Crippen molar-refractivity contribution in [1.29, 1.82) is 0 Å². The molecule has 3 heteroatoms. The molecule has 1 aliphatic heterocycles. The summed E-state index contributed by atoms with van der Waals surface area (Å²) in [6.07, 6.45) is 4.85. The molecule has 0 bridgehead atoms. The number of hydrogen-bond donors (Lipinski definition) is 1. The van der Waals surface area contributed by atoms with Crippen LogP contribution in [0.5, 0.6) is 0 Å². The number of ether oxygens (including phenoxy) is 2. The SMILES string of the molecule is NCC1(COCC2CC2)CCOCC1. The third-order valence-electron chi connectivity index (χ3n) is 3.45. The van der Waals surface area contributed by atoms with Crippen LogP contribution >= 0.6 is 0 Å². The van der Waals surface area contributed by atoms with Gasteiger partial charge in [-0.25, -0.2) is 0 Å². The molecule has 0 radical (unpaired) electrons. The van der Waals surface area contributed by atoms with Crippen molar-refractivity contribution in [2.45, 2.75) is 25.7 Å². The lowest BCUT2D eigenvalue weighted by Crippen LogP contribution is -2.40. The molecule has 2 N–H and O–H groups in total. The predicted octanol–water partition coefficient (Wildman–Crippen LogP) is 1.17. The average molecular weight is 199 g/mol. The zero-order valence-corrected chi connectivity index (χ0v) is 8.84. The normalized spacial score (nSPS) is 26.4. The van der Waals surface area contributed by atoms with Gasteiger partial charge < -0.3 is 15.2 Å². The molecule has 0 atom stereocenters. The lowest BCUT2D eigenvalue weighted by Gasteiger charge is -2.35. The van der Waals surface area contributed by atoms with Gasteiger partial charge in [-0.15, -0.1) is 0 Å². The molecule has 0 spiro atoms. The summed E-state index contributed by atoms with van der Waals surface area (Å²) in [7, 11) is 0. The Morgan fingerprint density at radius 2 is 2.00 bits per heavy atom. The van der Waals surface area contributed by atoms with E-state index in [1.807, 2.05) is 0 Å². The maximum atomic E-state index is 5.84. The third kappa shape index (κ3) is 2.69. The van der Waals surface area contributed by atoms with Gasteiger partial charge in [0.2, 0.25) is 0 Å². The molecular weight excluding hydrogens is 178 g/mol. The van der Waals surface area contributed by atoms with Crippen molar-refractivity contribution in [3.63, 3.8) is 0 Å². The van der Waals surface area contributed by atoms with Gasteiger partial charge in [0.1, 0.15) is 0 Å². The van der Waals surface area contributed by atoms with E-state index in [-0.39, 0.29) is 5.41 Å². The summed E-state index contributed by atoms with van der Waals surface area (Å²) < 4.78 is 11.1. The van der Waals surface area contributed by atoms with Gasteiger partial charge in [-0.05, 0) is 31.6 Å². The molecule has 1 saturated heterocycles. The molecule has 1 aliphatic carbocycles. The summed E-state index contributed by atoms with van der Waals surface area (Å²) >= 11 is 0. The molecule has 14 heavy (non-hydrogen) atoms. The van der Waals surface area contributed by atoms with Crippen LogP contribution in [0.2, 0.25) is 0 Å². The molecule has 1 heterocycles. The van der Waals surface area contributed by atoms with E-state index >= 15 is 0 Å². The van der Waals surface area contributed by atoms with Crippen LogP contribution in [0.15, 0.2) is 0 Å². The molecule has 0 unspecified atom stereocenters. The van der Waals surface area contributed by atoms with E-state index in [9.17, 15) is 0 Å². The summed E-state index contributed by atoms with van der Waals surface area (Å²) in [5.74, 6) is 0.852. The van der Waals surface area contributed by atoms with Gasteiger partial charge in [0.15, 0.2) is 0 Å². The van der Waals surface area contributed by atoms with Gasteiger partial charge in [-0.2, -0.15) is 0 Å². The maximum absolute atomic E-state index is 5.84. The Balaban J connectivity index is 1.71. The number of rotatable bonds is 5. The summed E-state index contributed by atoms with van der Waals surface area (Å²) in [5.41, 5.74) is 6.05. The van der Waals surface area contributed by atoms with Crippen LogP contribution in [0, 0.1) is 11.3 Å². The molecule has 0 aromatic carbocycles. The van der Waals surface area contributed by atoms with E-state index in [1.165, 1.54) is 12.8 Å². The van der Waals surface area contributed by atoms with Crippen molar-refractivity contribution in [3.8, 4) is 0 Å². The molecule has 1 saturated carbocycles. The topological polar surface area (TPSA) is 44.5 Å². The van der Waals surface area contributed by atoms with Crippen molar-refractivity contribution in [2.24, 2.45) is 17.1 Å². The van der Waals surface area contributed by atoms with E-state index in [2.05, 4.69) is 0 Å². The molecule has 3 nitrogen and oxygen atoms in total. The Kier molecular flexibility index (Phi) is 3.42. The van der Waals surface area contributed by atoms with E-state index in [0.717, 1.165) is 51.7 Å². The molecule has 2 fully saturated rings. The highest BCUT2D eigenvalue weighted by Crippen LogP contribution is 2.32. The minimum absolute atomic E-state index is 0.215. The first-order valence-electron chi connectivity index (χ1n) is 5.70. The monoisotopic (exact) mass is 199 g/mol. The second kappa shape index (κ2) is 4.60. The Morgan fingerprint density at radius 1 is 1.29 bits per heavy atom. The van der Waals surface area contributed by atoms with Crippen molar-refractivity contribution in [2.75, 3.05) is 33.0 Å². The second-order valence-corrected chi connectivity index (χ2v) is 4.78. The second-order valence-electron chi connectivity index (χ2n) is 4.78. The highest BCUT2D eigenvalue weighted by molar-refractivity contribution is 4.83. The van der Waals surface area contributed by atoms with Crippen molar-refractivity contribution >= 4 is 0 Å². The number of hydrogen-bond acceptors (Lipinski definition) is 3. The van der Waals surface area contributed by atoms with E-state index in [4.69, 9.17) is 15.2 Å². The molecule has 0 amide bonds. The van der Waals surface area contributed by atoms with Crippen LogP contribution in [0.4, 0.5) is 0 Å². The van der Waals surface area contributed by atoms with Gasteiger partial charge in [-0.3, -0.25) is 0 Å². The van der Waals surface area contributed by atoms with E-state index in [0.29, 0.717) is 0 Å². The molecule has 2 rings (SSSR count). The predicted molar refractivity (Wildman–Crippen MR) is 55.1 cm³/mol. The Morgan fingerprint density at radius 3 is 2.57 bits per heavy atom. The average Bonchev–Trinajstić information content (AvgIpc) is 3.03. The first-order valence-corrected chi connectivity index (χ1v) is 5.70. The van der Waals surface area contributed by atoms with Crippen LogP contribution in [-0.4, -0.2) is 33.0 Å². The Bertz CT molecular complexity index is 174. The molecule has 0 aromatic heterocycles. The molecule has 0 aromatic rings. The largest absolute Gasteiger partial charge is 0.381 e. The fraction of sp³-hybridized carbons (Fsp3) is 1.00. The first-order chi connectivity index (χ1) is 6.85. The fourth-order valence-electron chi connectivity index (χ4n) is 1.94. The van der Waals surface area contributed by atoms with Crippen molar-refractivity contribution < 1.29 is 9.47 Å². The lowest BCUT2D eigenvalue weighted by molar-refractivity contribution is -0.0366. The highest BCUT2D eigenvalue weighted by Gasteiger charge is 2.32. The van der Waals surface area contributed by atoms with Crippen molar-refractivity contribution in [3.05, 3.63) is 0 Å². The smallest absolute Gasteiger partial charge is 0.0536 e. The van der Waals surface area contributed by atoms with Gasteiger partial charge in [0.05, 0.1) is 6.61 Å². The molecule has 82 valence electrons. The zero-order valence-electron chi connectivity index (χ0n) is 8.84.